The van der Waals surface area contributed by atoms with Crippen molar-refractivity contribution in [3.05, 3.63) is 23.3 Å². The zero-order chi connectivity index (χ0) is 14.4. The van der Waals surface area contributed by atoms with Crippen molar-refractivity contribution in [3.63, 3.8) is 0 Å². The Morgan fingerprint density at radius 3 is 2.05 bits per heavy atom. The highest BCUT2D eigenvalue weighted by atomic mass is 16.6. The lowest BCUT2D eigenvalue weighted by Gasteiger charge is -2.14. The van der Waals surface area contributed by atoms with Crippen LogP contribution in [0.2, 0.25) is 0 Å². The average Bonchev–Trinajstić information content (AvgIpc) is 2.28. The average molecular weight is 266 g/mol. The van der Waals surface area contributed by atoms with Gasteiger partial charge in [0.25, 0.3) is 0 Å². The predicted octanol–water partition coefficient (Wildman–Crippen LogP) is 1.30. The molecule has 1 aromatic heterocycles. The van der Waals surface area contributed by atoms with Crippen LogP contribution in [0.3, 0.4) is 0 Å². The number of aromatic nitrogens is 2. The largest absolute Gasteiger partial charge is 0.465 e. The van der Waals surface area contributed by atoms with Gasteiger partial charge in [0.2, 0.25) is 0 Å². The van der Waals surface area contributed by atoms with Crippen LogP contribution < -0.4 is 0 Å². The second kappa shape index (κ2) is 6.82. The van der Waals surface area contributed by atoms with E-state index in [1.54, 1.807) is 33.8 Å². The first-order valence-electron chi connectivity index (χ1n) is 6.15. The van der Waals surface area contributed by atoms with Crippen molar-refractivity contribution in [2.24, 2.45) is 0 Å². The number of esters is 2. The van der Waals surface area contributed by atoms with Gasteiger partial charge >= 0.3 is 11.9 Å². The third-order valence-electron chi connectivity index (χ3n) is 2.33. The number of carbonyl (C=O) groups excluding carboxylic acids is 2. The van der Waals surface area contributed by atoms with Gasteiger partial charge in [-0.1, -0.05) is 0 Å². The van der Waals surface area contributed by atoms with Crippen LogP contribution in [0.5, 0.6) is 0 Å². The SMILES string of the molecule is CCOC(=O)C(C(=O)OCC)c1cc(C)nc(C)n1. The Bertz CT molecular complexity index is 435. The van der Waals surface area contributed by atoms with Gasteiger partial charge in [-0.05, 0) is 33.8 Å². The van der Waals surface area contributed by atoms with Crippen molar-refractivity contribution < 1.29 is 19.1 Å². The van der Waals surface area contributed by atoms with Crippen molar-refractivity contribution in [3.8, 4) is 0 Å². The molecule has 0 aliphatic heterocycles. The molecule has 19 heavy (non-hydrogen) atoms. The Balaban J connectivity index is 3.14. The van der Waals surface area contributed by atoms with Crippen LogP contribution in [0.15, 0.2) is 6.07 Å². The standard InChI is InChI=1S/C13H18N2O4/c1-5-18-12(16)11(13(17)19-6-2)10-7-8(3)14-9(4)15-10/h7,11H,5-6H2,1-4H3. The van der Waals surface area contributed by atoms with Gasteiger partial charge in [0.15, 0.2) is 5.92 Å². The lowest BCUT2D eigenvalue weighted by molar-refractivity contribution is -0.157. The summed E-state index contributed by atoms with van der Waals surface area (Å²) in [4.78, 5) is 32.0. The fourth-order valence-electron chi connectivity index (χ4n) is 1.68. The Kier molecular flexibility index (Phi) is 5.41. The Labute approximate surface area is 112 Å². The van der Waals surface area contributed by atoms with Crippen LogP contribution in [-0.2, 0) is 19.1 Å². The molecule has 0 fully saturated rings. The molecule has 0 atom stereocenters. The van der Waals surface area contributed by atoms with Crippen LogP contribution in [-0.4, -0.2) is 35.1 Å². The molecule has 0 saturated heterocycles. The van der Waals surface area contributed by atoms with E-state index in [0.29, 0.717) is 17.2 Å². The molecule has 0 saturated carbocycles. The third-order valence-corrected chi connectivity index (χ3v) is 2.33. The van der Waals surface area contributed by atoms with Gasteiger partial charge in [-0.3, -0.25) is 9.59 Å². The maximum atomic E-state index is 11.9. The van der Waals surface area contributed by atoms with Gasteiger partial charge in [0, 0.05) is 5.69 Å². The van der Waals surface area contributed by atoms with Gasteiger partial charge in [-0.2, -0.15) is 0 Å². The molecule has 0 unspecified atom stereocenters. The van der Waals surface area contributed by atoms with Gasteiger partial charge in [0.05, 0.1) is 18.9 Å². The van der Waals surface area contributed by atoms with Crippen molar-refractivity contribution in [1.29, 1.82) is 0 Å². The molecule has 0 radical (unpaired) electrons. The minimum absolute atomic E-state index is 0.192. The highest BCUT2D eigenvalue weighted by molar-refractivity contribution is 6.00. The lowest BCUT2D eigenvalue weighted by atomic mass is 10.0. The minimum Gasteiger partial charge on any atom is -0.465 e. The van der Waals surface area contributed by atoms with E-state index < -0.39 is 17.9 Å². The maximum absolute atomic E-state index is 11.9. The number of ether oxygens (including phenoxy) is 2. The molecule has 0 amide bonds. The molecule has 1 rings (SSSR count). The van der Waals surface area contributed by atoms with E-state index in [4.69, 9.17) is 9.47 Å². The Hall–Kier alpha value is -1.98. The molecule has 104 valence electrons. The second-order valence-electron chi connectivity index (χ2n) is 3.92. The maximum Gasteiger partial charge on any atom is 0.326 e. The van der Waals surface area contributed by atoms with Crippen LogP contribution in [0.25, 0.3) is 0 Å². The molecule has 1 aromatic rings. The fraction of sp³-hybridized carbons (Fsp3) is 0.538. The molecule has 0 spiro atoms. The Morgan fingerprint density at radius 2 is 1.63 bits per heavy atom. The van der Waals surface area contributed by atoms with E-state index in [2.05, 4.69) is 9.97 Å². The van der Waals surface area contributed by atoms with Crippen LogP contribution in [0.4, 0.5) is 0 Å². The molecule has 0 aromatic carbocycles. The number of carbonyl (C=O) groups is 2. The van der Waals surface area contributed by atoms with Gasteiger partial charge < -0.3 is 9.47 Å². The van der Waals surface area contributed by atoms with Crippen LogP contribution in [0.1, 0.15) is 37.0 Å². The first kappa shape index (κ1) is 15.1. The van der Waals surface area contributed by atoms with Gasteiger partial charge in [-0.25, -0.2) is 9.97 Å². The van der Waals surface area contributed by atoms with E-state index in [9.17, 15) is 9.59 Å². The minimum atomic E-state index is -1.15. The summed E-state index contributed by atoms with van der Waals surface area (Å²) in [5, 5.41) is 0. The van der Waals surface area contributed by atoms with E-state index in [0.717, 1.165) is 0 Å². The van der Waals surface area contributed by atoms with Crippen LogP contribution in [0, 0.1) is 13.8 Å². The predicted molar refractivity (Wildman–Crippen MR) is 67.5 cm³/mol. The lowest BCUT2D eigenvalue weighted by Crippen LogP contribution is -2.27. The number of hydrogen-bond acceptors (Lipinski definition) is 6. The number of nitrogens with zero attached hydrogens (tertiary/aromatic N) is 2. The number of rotatable bonds is 5. The summed E-state index contributed by atoms with van der Waals surface area (Å²) in [5.41, 5.74) is 0.989. The summed E-state index contributed by atoms with van der Waals surface area (Å²) in [7, 11) is 0. The number of hydrogen-bond donors (Lipinski definition) is 0. The van der Waals surface area contributed by atoms with E-state index in [1.807, 2.05) is 0 Å². The van der Waals surface area contributed by atoms with Crippen molar-refractivity contribution >= 4 is 11.9 Å². The molecular formula is C13H18N2O4. The first-order chi connectivity index (χ1) is 8.99. The van der Waals surface area contributed by atoms with E-state index in [-0.39, 0.29) is 13.2 Å². The molecule has 0 N–H and O–H groups in total. The molecule has 0 aliphatic rings. The summed E-state index contributed by atoms with van der Waals surface area (Å²) >= 11 is 0. The molecule has 6 heteroatoms. The summed E-state index contributed by atoms with van der Waals surface area (Å²) in [5.74, 6) is -1.97. The van der Waals surface area contributed by atoms with E-state index in [1.165, 1.54) is 0 Å². The summed E-state index contributed by atoms with van der Waals surface area (Å²) < 4.78 is 9.81. The summed E-state index contributed by atoms with van der Waals surface area (Å²) in [6, 6.07) is 1.59. The Morgan fingerprint density at radius 1 is 1.11 bits per heavy atom. The van der Waals surface area contributed by atoms with Crippen molar-refractivity contribution in [1.82, 2.24) is 9.97 Å². The molecule has 6 nitrogen and oxygen atoms in total. The first-order valence-corrected chi connectivity index (χ1v) is 6.15. The number of aryl methyl sites for hydroxylation is 2. The van der Waals surface area contributed by atoms with E-state index >= 15 is 0 Å². The zero-order valence-electron chi connectivity index (χ0n) is 11.6. The smallest absolute Gasteiger partial charge is 0.326 e. The molecule has 1 heterocycles. The van der Waals surface area contributed by atoms with Crippen molar-refractivity contribution in [2.45, 2.75) is 33.6 Å². The van der Waals surface area contributed by atoms with Gasteiger partial charge in [-0.15, -0.1) is 0 Å². The normalized spacial score (nSPS) is 10.4. The molecule has 0 aliphatic carbocycles. The fourth-order valence-corrected chi connectivity index (χ4v) is 1.68. The summed E-state index contributed by atoms with van der Waals surface area (Å²) in [6.07, 6.45) is 0. The topological polar surface area (TPSA) is 78.4 Å². The summed E-state index contributed by atoms with van der Waals surface area (Å²) in [6.45, 7) is 7.21. The highest BCUT2D eigenvalue weighted by Gasteiger charge is 2.33. The second-order valence-corrected chi connectivity index (χ2v) is 3.92. The highest BCUT2D eigenvalue weighted by Crippen LogP contribution is 2.18. The zero-order valence-corrected chi connectivity index (χ0v) is 11.6. The van der Waals surface area contributed by atoms with Gasteiger partial charge in [0.1, 0.15) is 5.82 Å². The molecule has 0 bridgehead atoms. The van der Waals surface area contributed by atoms with Crippen LogP contribution >= 0.6 is 0 Å². The quantitative estimate of drug-likeness (QED) is 0.590. The molecular weight excluding hydrogens is 248 g/mol. The monoisotopic (exact) mass is 266 g/mol. The van der Waals surface area contributed by atoms with Crippen molar-refractivity contribution in [2.75, 3.05) is 13.2 Å². The third kappa shape index (κ3) is 4.01.